The van der Waals surface area contributed by atoms with Crippen molar-refractivity contribution in [1.82, 2.24) is 19.1 Å². The smallest absolute Gasteiger partial charge is 0.136 e. The molecule has 0 saturated heterocycles. The second-order valence-electron chi connectivity index (χ2n) is 16.6. The molecule has 10 aromatic carbocycles. The quantitative estimate of drug-likeness (QED) is 0.178. The number of hydrogen-bond donors (Lipinski definition) is 0. The first-order valence-electron chi connectivity index (χ1n) is 21.4. The maximum Gasteiger partial charge on any atom is 0.136 e. The van der Waals surface area contributed by atoms with Crippen LogP contribution in [0.4, 0.5) is 0 Å². The van der Waals surface area contributed by atoms with Crippen LogP contribution in [0.15, 0.2) is 211 Å². The Morgan fingerprint density at radius 1 is 0.333 bits per heavy atom. The van der Waals surface area contributed by atoms with Gasteiger partial charge in [0.15, 0.2) is 0 Å². The van der Waals surface area contributed by atoms with E-state index in [4.69, 9.17) is 14.4 Å². The van der Waals surface area contributed by atoms with Crippen LogP contribution >= 0.6 is 0 Å². The maximum absolute atomic E-state index is 6.33. The molecule has 0 bridgehead atoms. The van der Waals surface area contributed by atoms with Gasteiger partial charge in [0.2, 0.25) is 0 Å². The number of nitrogens with zero attached hydrogens (tertiary/aromatic N) is 4. The molecule has 63 heavy (non-hydrogen) atoms. The minimum Gasteiger partial charge on any atom is -0.456 e. The normalized spacial score (nSPS) is 12.1. The molecule has 292 valence electrons. The highest BCUT2D eigenvalue weighted by Gasteiger charge is 2.21. The van der Waals surface area contributed by atoms with Gasteiger partial charge in [0, 0.05) is 54.8 Å². The van der Waals surface area contributed by atoms with Gasteiger partial charge >= 0.3 is 0 Å². The summed E-state index contributed by atoms with van der Waals surface area (Å²) in [5.74, 6) is 0. The average molecular weight is 803 g/mol. The molecule has 0 aliphatic heterocycles. The van der Waals surface area contributed by atoms with E-state index in [2.05, 4.69) is 167 Å². The third-order valence-corrected chi connectivity index (χ3v) is 13.0. The average Bonchev–Trinajstić information content (AvgIpc) is 4.00. The van der Waals surface area contributed by atoms with E-state index in [1.165, 1.54) is 48.9 Å². The fourth-order valence-corrected chi connectivity index (χ4v) is 10.2. The molecule has 0 aliphatic rings. The van der Waals surface area contributed by atoms with Crippen LogP contribution in [0.2, 0.25) is 0 Å². The lowest BCUT2D eigenvalue weighted by Crippen LogP contribution is -1.97. The van der Waals surface area contributed by atoms with E-state index in [9.17, 15) is 0 Å². The highest BCUT2D eigenvalue weighted by molar-refractivity contribution is 6.16. The van der Waals surface area contributed by atoms with Crippen LogP contribution in [0.3, 0.4) is 0 Å². The lowest BCUT2D eigenvalue weighted by Gasteiger charge is -2.14. The molecule has 0 saturated carbocycles. The summed E-state index contributed by atoms with van der Waals surface area (Å²) < 4.78 is 11.2. The van der Waals surface area contributed by atoms with Crippen molar-refractivity contribution in [3.63, 3.8) is 0 Å². The number of benzene rings is 10. The van der Waals surface area contributed by atoms with Crippen LogP contribution in [0.25, 0.3) is 132 Å². The van der Waals surface area contributed by atoms with Gasteiger partial charge in [-0.2, -0.15) is 0 Å². The van der Waals surface area contributed by atoms with Crippen LogP contribution < -0.4 is 0 Å². The van der Waals surface area contributed by atoms with Crippen molar-refractivity contribution in [2.75, 3.05) is 0 Å². The molecule has 14 rings (SSSR count). The molecular weight excluding hydrogens is 769 g/mol. The van der Waals surface area contributed by atoms with Crippen molar-refractivity contribution in [1.29, 1.82) is 0 Å². The van der Waals surface area contributed by atoms with Crippen molar-refractivity contribution >= 4 is 98.1 Å². The molecule has 0 spiro atoms. The minimum atomic E-state index is 0.832. The predicted octanol–water partition coefficient (Wildman–Crippen LogP) is 15.4. The summed E-state index contributed by atoms with van der Waals surface area (Å²) in [4.78, 5) is 10.6. The number of fused-ring (bicyclic) bond motifs is 12. The van der Waals surface area contributed by atoms with Gasteiger partial charge in [0.1, 0.15) is 11.2 Å². The molecule has 0 atom stereocenters. The van der Waals surface area contributed by atoms with Crippen LogP contribution in [-0.4, -0.2) is 19.1 Å². The summed E-state index contributed by atoms with van der Waals surface area (Å²) in [5, 5.41) is 11.8. The first kappa shape index (κ1) is 34.2. The molecule has 0 radical (unpaired) electrons. The topological polar surface area (TPSA) is 48.8 Å². The van der Waals surface area contributed by atoms with E-state index in [1.54, 1.807) is 0 Å². The third-order valence-electron chi connectivity index (χ3n) is 13.0. The largest absolute Gasteiger partial charge is 0.456 e. The highest BCUT2D eigenvalue weighted by atomic mass is 16.3. The predicted molar refractivity (Wildman–Crippen MR) is 261 cm³/mol. The Morgan fingerprint density at radius 2 is 0.889 bits per heavy atom. The highest BCUT2D eigenvalue weighted by Crippen LogP contribution is 2.42. The lowest BCUT2D eigenvalue weighted by atomic mass is 9.97. The Bertz CT molecular complexity index is 4170. The van der Waals surface area contributed by atoms with Gasteiger partial charge in [-0.3, -0.25) is 0 Å². The molecule has 5 heteroatoms. The molecule has 4 aromatic heterocycles. The van der Waals surface area contributed by atoms with Crippen molar-refractivity contribution in [3.8, 4) is 33.9 Å². The Balaban J connectivity index is 0.973. The van der Waals surface area contributed by atoms with Gasteiger partial charge in [-0.25, -0.2) is 9.97 Å². The second-order valence-corrected chi connectivity index (χ2v) is 16.6. The fraction of sp³-hybridized carbons (Fsp3) is 0. The van der Waals surface area contributed by atoms with E-state index < -0.39 is 0 Å². The zero-order valence-electron chi connectivity index (χ0n) is 33.8. The summed E-state index contributed by atoms with van der Waals surface area (Å²) >= 11 is 0. The van der Waals surface area contributed by atoms with Gasteiger partial charge in [-0.15, -0.1) is 0 Å². The van der Waals surface area contributed by atoms with Crippen LogP contribution in [0, 0.1) is 0 Å². The number of rotatable bonds is 4. The number of furan rings is 1. The molecule has 0 unspecified atom stereocenters. The van der Waals surface area contributed by atoms with Gasteiger partial charge in [0.25, 0.3) is 0 Å². The van der Waals surface area contributed by atoms with Crippen molar-refractivity contribution in [3.05, 3.63) is 206 Å². The summed E-state index contributed by atoms with van der Waals surface area (Å²) in [7, 11) is 0. The van der Waals surface area contributed by atoms with Gasteiger partial charge < -0.3 is 13.6 Å². The van der Waals surface area contributed by atoms with Crippen LogP contribution in [0.5, 0.6) is 0 Å². The monoisotopic (exact) mass is 802 g/mol. The minimum absolute atomic E-state index is 0.832. The van der Waals surface area contributed by atoms with Gasteiger partial charge in [0.05, 0.1) is 44.5 Å². The molecule has 5 nitrogen and oxygen atoms in total. The Labute approximate surface area is 360 Å². The molecule has 0 N–H and O–H groups in total. The van der Waals surface area contributed by atoms with Crippen LogP contribution in [-0.2, 0) is 0 Å². The maximum atomic E-state index is 6.33. The number of aromatic nitrogens is 4. The summed E-state index contributed by atoms with van der Waals surface area (Å²) in [6.45, 7) is 0. The molecule has 0 amide bonds. The molecule has 4 heterocycles. The van der Waals surface area contributed by atoms with Gasteiger partial charge in [-0.1, -0.05) is 127 Å². The Kier molecular flexibility index (Phi) is 7.05. The summed E-state index contributed by atoms with van der Waals surface area (Å²) in [6.07, 6.45) is 0. The fourth-order valence-electron chi connectivity index (χ4n) is 10.2. The zero-order chi connectivity index (χ0) is 41.2. The van der Waals surface area contributed by atoms with E-state index in [0.29, 0.717) is 0 Å². The van der Waals surface area contributed by atoms with E-state index in [-0.39, 0.29) is 0 Å². The third kappa shape index (κ3) is 5.05. The Morgan fingerprint density at radius 3 is 1.70 bits per heavy atom. The van der Waals surface area contributed by atoms with Crippen molar-refractivity contribution in [2.45, 2.75) is 0 Å². The number of para-hydroxylation sites is 5. The van der Waals surface area contributed by atoms with Crippen molar-refractivity contribution in [2.24, 2.45) is 0 Å². The molecular formula is C58H34N4O. The SMILES string of the molecule is c1ccc2cc3c(cc2c1)c1ccc(-n2c4ccccc4c4ccccc42)cc1n3-c1ccc2cc(-c3nc4ccccc4nc3-c3cccc4oc5ccccc5c34)ccc2c1. The zero-order valence-corrected chi connectivity index (χ0v) is 33.8. The first-order valence-corrected chi connectivity index (χ1v) is 21.4. The standard InChI is InChI=1S/C58H34N4O/c1-2-13-36-33-52-47(32-35(36)12-1)44-29-28-41(61-50-20-8-3-14-42(50)43-15-4-9-21-51(43)61)34-53(44)62(52)40-27-26-37-30-39(25-24-38(37)31-40)57-58(60-49-19-7-6-18-48(49)59-57)46-17-11-23-55-56(46)45-16-5-10-22-54(45)63-55/h1-34H. The van der Waals surface area contributed by atoms with E-state index in [1.807, 2.05) is 48.5 Å². The van der Waals surface area contributed by atoms with Gasteiger partial charge in [-0.05, 0) is 100 Å². The van der Waals surface area contributed by atoms with Crippen molar-refractivity contribution < 1.29 is 4.42 Å². The number of hydrogen-bond acceptors (Lipinski definition) is 3. The molecule has 0 fully saturated rings. The van der Waals surface area contributed by atoms with E-state index in [0.717, 1.165) is 83.2 Å². The first-order chi connectivity index (χ1) is 31.2. The molecule has 14 aromatic rings. The summed E-state index contributed by atoms with van der Waals surface area (Å²) in [5.41, 5.74) is 14.0. The Hall–Kier alpha value is -8.54. The summed E-state index contributed by atoms with van der Waals surface area (Å²) in [6, 6.07) is 73.9. The lowest BCUT2D eigenvalue weighted by molar-refractivity contribution is 0.669. The second kappa shape index (κ2) is 13.0. The molecule has 0 aliphatic carbocycles. The van der Waals surface area contributed by atoms with E-state index >= 15 is 0 Å². The van der Waals surface area contributed by atoms with Crippen LogP contribution in [0.1, 0.15) is 0 Å².